The Morgan fingerprint density at radius 3 is 2.86 bits per heavy atom. The Morgan fingerprint density at radius 1 is 1.24 bits per heavy atom. The highest BCUT2D eigenvalue weighted by Crippen LogP contribution is 2.16. The first kappa shape index (κ1) is 13.9. The molecular formula is C13H16N4O3S. The summed E-state index contributed by atoms with van der Waals surface area (Å²) >= 11 is 0. The van der Waals surface area contributed by atoms with Gasteiger partial charge in [0.1, 0.15) is 0 Å². The van der Waals surface area contributed by atoms with E-state index in [0.717, 1.165) is 0 Å². The first-order valence-corrected chi connectivity index (χ1v) is 8.52. The van der Waals surface area contributed by atoms with E-state index in [1.807, 2.05) is 4.90 Å². The van der Waals surface area contributed by atoms with Gasteiger partial charge in [0.2, 0.25) is 5.95 Å². The van der Waals surface area contributed by atoms with E-state index in [1.165, 1.54) is 0 Å². The highest BCUT2D eigenvalue weighted by molar-refractivity contribution is 7.91. The summed E-state index contributed by atoms with van der Waals surface area (Å²) in [6.45, 7) is 0.897. The number of aromatic amines is 1. The number of nitrogens with zero attached hydrogens (tertiary/aromatic N) is 2. The minimum atomic E-state index is -3.00. The third-order valence-corrected chi connectivity index (χ3v) is 5.29. The summed E-state index contributed by atoms with van der Waals surface area (Å²) in [4.78, 5) is 21.0. The van der Waals surface area contributed by atoms with Crippen LogP contribution >= 0.6 is 0 Å². The Kier molecular flexibility index (Phi) is 3.32. The second-order valence-electron chi connectivity index (χ2n) is 5.16. The van der Waals surface area contributed by atoms with Crippen molar-refractivity contribution in [2.45, 2.75) is 6.42 Å². The Bertz CT molecular complexity index is 844. The van der Waals surface area contributed by atoms with Crippen molar-refractivity contribution in [3.8, 4) is 0 Å². The van der Waals surface area contributed by atoms with Gasteiger partial charge in [0, 0.05) is 18.8 Å². The van der Waals surface area contributed by atoms with Crippen LogP contribution in [0.5, 0.6) is 0 Å². The highest BCUT2D eigenvalue weighted by atomic mass is 32.2. The first-order chi connectivity index (χ1) is 9.94. The van der Waals surface area contributed by atoms with E-state index in [2.05, 4.69) is 9.97 Å². The maximum Gasteiger partial charge on any atom is 0.260 e. The van der Waals surface area contributed by atoms with E-state index < -0.39 is 9.84 Å². The lowest BCUT2D eigenvalue weighted by Gasteiger charge is -2.20. The predicted molar refractivity (Wildman–Crippen MR) is 82.3 cm³/mol. The standard InChI is InChI=1S/C13H16N4O3S/c14-9-2-3-11-10(8-9)12(18)16-13(15-11)17-4-1-6-21(19,20)7-5-17/h2-3,8H,1,4-7,14H2,(H,15,16,18). The molecule has 8 heteroatoms. The molecule has 1 aliphatic rings. The molecule has 0 radical (unpaired) electrons. The number of hydrogen-bond donors (Lipinski definition) is 2. The van der Waals surface area contributed by atoms with Crippen LogP contribution in [0.15, 0.2) is 23.0 Å². The van der Waals surface area contributed by atoms with Gasteiger partial charge in [-0.15, -0.1) is 0 Å². The SMILES string of the molecule is Nc1ccc2nc(N3CCCS(=O)(=O)CC3)[nH]c(=O)c2c1. The van der Waals surface area contributed by atoms with Crippen LogP contribution in [-0.2, 0) is 9.84 Å². The number of sulfone groups is 1. The molecule has 112 valence electrons. The quantitative estimate of drug-likeness (QED) is 0.725. The summed E-state index contributed by atoms with van der Waals surface area (Å²) in [5.74, 6) is 0.670. The molecule has 21 heavy (non-hydrogen) atoms. The third kappa shape index (κ3) is 2.85. The van der Waals surface area contributed by atoms with Crippen LogP contribution < -0.4 is 16.2 Å². The lowest BCUT2D eigenvalue weighted by molar-refractivity contribution is 0.597. The molecule has 1 saturated heterocycles. The minimum absolute atomic E-state index is 0.0798. The lowest BCUT2D eigenvalue weighted by Crippen LogP contribution is -2.30. The summed E-state index contributed by atoms with van der Waals surface area (Å²) in [5, 5.41) is 0.432. The normalized spacial score (nSPS) is 18.6. The third-order valence-electron chi connectivity index (χ3n) is 3.57. The zero-order chi connectivity index (χ0) is 15.0. The van der Waals surface area contributed by atoms with E-state index in [9.17, 15) is 13.2 Å². The van der Waals surface area contributed by atoms with Crippen molar-refractivity contribution in [2.75, 3.05) is 35.2 Å². The minimum Gasteiger partial charge on any atom is -0.399 e. The molecule has 0 aliphatic carbocycles. The van der Waals surface area contributed by atoms with Gasteiger partial charge in [-0.1, -0.05) is 0 Å². The van der Waals surface area contributed by atoms with Crippen LogP contribution in [0, 0.1) is 0 Å². The smallest absolute Gasteiger partial charge is 0.260 e. The molecule has 0 unspecified atom stereocenters. The zero-order valence-corrected chi connectivity index (χ0v) is 12.2. The second-order valence-corrected chi connectivity index (χ2v) is 7.46. The largest absolute Gasteiger partial charge is 0.399 e. The molecule has 3 N–H and O–H groups in total. The number of aromatic nitrogens is 2. The van der Waals surface area contributed by atoms with E-state index >= 15 is 0 Å². The van der Waals surface area contributed by atoms with Gasteiger partial charge in [0.05, 0.1) is 22.4 Å². The number of anilines is 2. The van der Waals surface area contributed by atoms with Crippen LogP contribution in [0.25, 0.3) is 10.9 Å². The number of fused-ring (bicyclic) bond motifs is 1. The van der Waals surface area contributed by atoms with Crippen LogP contribution in [0.4, 0.5) is 11.6 Å². The number of nitrogens with two attached hydrogens (primary N) is 1. The highest BCUT2D eigenvalue weighted by Gasteiger charge is 2.21. The predicted octanol–water partition coefficient (Wildman–Crippen LogP) is 0.130. The van der Waals surface area contributed by atoms with Gasteiger partial charge in [-0.3, -0.25) is 9.78 Å². The van der Waals surface area contributed by atoms with Crippen LogP contribution in [-0.4, -0.2) is 43.0 Å². The van der Waals surface area contributed by atoms with Gasteiger partial charge in [-0.25, -0.2) is 13.4 Å². The van der Waals surface area contributed by atoms with E-state index in [4.69, 9.17) is 5.73 Å². The van der Waals surface area contributed by atoms with Crippen molar-refractivity contribution in [3.63, 3.8) is 0 Å². The molecule has 2 aromatic rings. The van der Waals surface area contributed by atoms with Crippen molar-refractivity contribution >= 4 is 32.4 Å². The Hall–Kier alpha value is -2.09. The number of benzene rings is 1. The van der Waals surface area contributed by atoms with Crippen molar-refractivity contribution in [2.24, 2.45) is 0 Å². The maximum atomic E-state index is 12.1. The molecule has 0 amide bonds. The van der Waals surface area contributed by atoms with Crippen LogP contribution in [0.2, 0.25) is 0 Å². The molecule has 0 atom stereocenters. The molecule has 0 spiro atoms. The lowest BCUT2D eigenvalue weighted by atomic mass is 10.2. The number of nitrogen functional groups attached to an aromatic ring is 1. The Balaban J connectivity index is 2.01. The van der Waals surface area contributed by atoms with Gasteiger partial charge < -0.3 is 10.6 Å². The molecule has 1 aromatic carbocycles. The molecular weight excluding hydrogens is 292 g/mol. The fraction of sp³-hybridized carbons (Fsp3) is 0.385. The number of nitrogens with one attached hydrogen (secondary N) is 1. The van der Waals surface area contributed by atoms with Crippen molar-refractivity contribution in [1.82, 2.24) is 9.97 Å². The summed E-state index contributed by atoms with van der Waals surface area (Å²) in [7, 11) is -3.00. The number of rotatable bonds is 1. The van der Waals surface area contributed by atoms with Gasteiger partial charge in [0.15, 0.2) is 9.84 Å². The molecule has 3 rings (SSSR count). The van der Waals surface area contributed by atoms with E-state index in [1.54, 1.807) is 18.2 Å². The van der Waals surface area contributed by atoms with Gasteiger partial charge in [-0.05, 0) is 24.6 Å². The second kappa shape index (κ2) is 5.03. The van der Waals surface area contributed by atoms with Crippen molar-refractivity contribution in [3.05, 3.63) is 28.6 Å². The summed E-state index contributed by atoms with van der Waals surface area (Å²) in [5.41, 5.74) is 6.45. The van der Waals surface area contributed by atoms with E-state index in [-0.39, 0.29) is 17.1 Å². The summed E-state index contributed by atoms with van der Waals surface area (Å²) in [6.07, 6.45) is 0.534. The fourth-order valence-electron chi connectivity index (χ4n) is 2.44. The summed E-state index contributed by atoms with van der Waals surface area (Å²) in [6, 6.07) is 4.96. The van der Waals surface area contributed by atoms with Gasteiger partial charge in [-0.2, -0.15) is 0 Å². The maximum absolute atomic E-state index is 12.1. The van der Waals surface area contributed by atoms with Crippen molar-refractivity contribution in [1.29, 1.82) is 0 Å². The van der Waals surface area contributed by atoms with Crippen LogP contribution in [0.3, 0.4) is 0 Å². The van der Waals surface area contributed by atoms with Crippen molar-refractivity contribution < 1.29 is 8.42 Å². The molecule has 0 saturated carbocycles. The first-order valence-electron chi connectivity index (χ1n) is 6.69. The Morgan fingerprint density at radius 2 is 2.05 bits per heavy atom. The molecule has 7 nitrogen and oxygen atoms in total. The average Bonchev–Trinajstić information content (AvgIpc) is 2.60. The van der Waals surface area contributed by atoms with Crippen LogP contribution in [0.1, 0.15) is 6.42 Å². The number of hydrogen-bond acceptors (Lipinski definition) is 6. The fourth-order valence-corrected chi connectivity index (χ4v) is 3.72. The monoisotopic (exact) mass is 308 g/mol. The topological polar surface area (TPSA) is 109 Å². The average molecular weight is 308 g/mol. The Labute approximate surface area is 121 Å². The summed E-state index contributed by atoms with van der Waals surface area (Å²) < 4.78 is 23.3. The van der Waals surface area contributed by atoms with E-state index in [0.29, 0.717) is 42.0 Å². The molecule has 1 fully saturated rings. The molecule has 1 aromatic heterocycles. The molecule has 1 aliphatic heterocycles. The van der Waals surface area contributed by atoms with Gasteiger partial charge in [0.25, 0.3) is 5.56 Å². The van der Waals surface area contributed by atoms with Gasteiger partial charge >= 0.3 is 0 Å². The molecule has 0 bridgehead atoms. The number of H-pyrrole nitrogens is 1. The zero-order valence-electron chi connectivity index (χ0n) is 11.4. The molecule has 2 heterocycles.